The van der Waals surface area contributed by atoms with Gasteiger partial charge in [0.2, 0.25) is 0 Å². The average molecular weight is 423 g/mol. The Morgan fingerprint density at radius 2 is 1.90 bits per heavy atom. The van der Waals surface area contributed by atoms with Crippen LogP contribution in [0, 0.1) is 0 Å². The Bertz CT molecular complexity index is 1160. The summed E-state index contributed by atoms with van der Waals surface area (Å²) < 4.78 is 5.25. The van der Waals surface area contributed by atoms with Gasteiger partial charge in [0.25, 0.3) is 5.91 Å². The van der Waals surface area contributed by atoms with Crippen molar-refractivity contribution >= 4 is 40.2 Å². The maximum atomic E-state index is 13.0. The zero-order chi connectivity index (χ0) is 20.2. The third kappa shape index (κ3) is 4.42. The van der Waals surface area contributed by atoms with Gasteiger partial charge in [0, 0.05) is 27.4 Å². The summed E-state index contributed by atoms with van der Waals surface area (Å²) in [6, 6.07) is 23.2. The second-order valence-electron chi connectivity index (χ2n) is 6.47. The van der Waals surface area contributed by atoms with E-state index in [0.717, 1.165) is 32.0 Å². The summed E-state index contributed by atoms with van der Waals surface area (Å²) in [4.78, 5) is 18.2. The number of rotatable bonds is 6. The van der Waals surface area contributed by atoms with Crippen LogP contribution in [0.3, 0.4) is 0 Å². The molecule has 2 N–H and O–H groups in total. The van der Waals surface area contributed by atoms with E-state index in [4.69, 9.17) is 16.3 Å². The zero-order valence-electron chi connectivity index (χ0n) is 15.7. The molecule has 0 radical (unpaired) electrons. The van der Waals surface area contributed by atoms with Crippen LogP contribution in [-0.2, 0) is 6.54 Å². The molecule has 146 valence electrons. The number of carbonyl (C=O) groups is 1. The van der Waals surface area contributed by atoms with Gasteiger partial charge < -0.3 is 15.0 Å². The van der Waals surface area contributed by atoms with Crippen LogP contribution in [0.25, 0.3) is 10.9 Å². The quantitative estimate of drug-likeness (QED) is 0.406. The average Bonchev–Trinajstić information content (AvgIpc) is 3.10. The second-order valence-corrected chi connectivity index (χ2v) is 7.99. The summed E-state index contributed by atoms with van der Waals surface area (Å²) in [5.41, 5.74) is 2.37. The fourth-order valence-electron chi connectivity index (χ4n) is 3.06. The highest BCUT2D eigenvalue weighted by Crippen LogP contribution is 2.37. The highest BCUT2D eigenvalue weighted by Gasteiger charge is 2.19. The minimum atomic E-state index is -0.168. The van der Waals surface area contributed by atoms with E-state index >= 15 is 0 Å². The van der Waals surface area contributed by atoms with Crippen LogP contribution in [-0.4, -0.2) is 18.0 Å². The van der Waals surface area contributed by atoms with Gasteiger partial charge in [0.15, 0.2) is 0 Å². The first-order chi connectivity index (χ1) is 14.1. The molecule has 0 fully saturated rings. The number of hydrogen-bond acceptors (Lipinski definition) is 3. The molecule has 4 rings (SSSR count). The van der Waals surface area contributed by atoms with Crippen molar-refractivity contribution in [1.82, 2.24) is 10.3 Å². The molecular formula is C23H19ClN2O2S. The molecule has 0 saturated carbocycles. The lowest BCUT2D eigenvalue weighted by Gasteiger charge is -2.08. The van der Waals surface area contributed by atoms with Crippen LogP contribution in [0.4, 0.5) is 0 Å². The van der Waals surface area contributed by atoms with Gasteiger partial charge in [-0.2, -0.15) is 0 Å². The van der Waals surface area contributed by atoms with Crippen molar-refractivity contribution in [2.24, 2.45) is 0 Å². The fraction of sp³-hybridized carbons (Fsp3) is 0.0870. The number of halogens is 1. The smallest absolute Gasteiger partial charge is 0.269 e. The van der Waals surface area contributed by atoms with Gasteiger partial charge in [-0.3, -0.25) is 4.79 Å². The van der Waals surface area contributed by atoms with Gasteiger partial charge in [0.05, 0.1) is 12.0 Å². The van der Waals surface area contributed by atoms with Gasteiger partial charge in [-0.15, -0.1) is 0 Å². The Kier molecular flexibility index (Phi) is 5.79. The number of aromatic nitrogens is 1. The lowest BCUT2D eigenvalue weighted by molar-refractivity contribution is 0.0944. The van der Waals surface area contributed by atoms with Crippen LogP contribution < -0.4 is 10.1 Å². The van der Waals surface area contributed by atoms with Gasteiger partial charge in [-0.1, -0.05) is 53.7 Å². The van der Waals surface area contributed by atoms with E-state index in [1.54, 1.807) is 18.9 Å². The minimum Gasteiger partial charge on any atom is -0.497 e. The van der Waals surface area contributed by atoms with Crippen molar-refractivity contribution in [3.05, 3.63) is 89.1 Å². The molecule has 1 heterocycles. The summed E-state index contributed by atoms with van der Waals surface area (Å²) in [6.07, 6.45) is 0. The predicted molar refractivity (Wildman–Crippen MR) is 118 cm³/mol. The third-order valence-corrected chi connectivity index (χ3v) is 5.86. The molecule has 0 atom stereocenters. The number of benzene rings is 3. The Morgan fingerprint density at radius 1 is 1.07 bits per heavy atom. The molecule has 1 amide bonds. The molecule has 0 aliphatic heterocycles. The maximum Gasteiger partial charge on any atom is 0.269 e. The highest BCUT2D eigenvalue weighted by molar-refractivity contribution is 7.99. The summed E-state index contributed by atoms with van der Waals surface area (Å²) in [6.45, 7) is 0.404. The molecule has 0 unspecified atom stereocenters. The van der Waals surface area contributed by atoms with Crippen molar-refractivity contribution < 1.29 is 9.53 Å². The number of carbonyl (C=O) groups excluding carboxylic acids is 1. The molecule has 3 aromatic carbocycles. The Hall–Kier alpha value is -2.89. The van der Waals surface area contributed by atoms with Crippen molar-refractivity contribution in [1.29, 1.82) is 0 Å². The molecule has 6 heteroatoms. The van der Waals surface area contributed by atoms with Gasteiger partial charge in [-0.25, -0.2) is 0 Å². The second kappa shape index (κ2) is 8.64. The molecule has 1 aromatic heterocycles. The number of hydrogen-bond donors (Lipinski definition) is 2. The molecule has 29 heavy (non-hydrogen) atoms. The summed E-state index contributed by atoms with van der Waals surface area (Å²) in [5.74, 6) is 0.593. The predicted octanol–water partition coefficient (Wildman–Crippen LogP) is 5.91. The van der Waals surface area contributed by atoms with E-state index in [9.17, 15) is 4.79 Å². The Morgan fingerprint density at radius 3 is 2.69 bits per heavy atom. The molecule has 0 saturated heterocycles. The first kappa shape index (κ1) is 19.4. The standard InChI is InChI=1S/C23H19ClN2O2S/c1-28-17-7-5-6-15(12-17)14-25-23(27)21-22(29-18-8-3-2-4-9-18)19-13-16(24)10-11-20(19)26-21/h2-13,26H,14H2,1H3,(H,25,27). The number of H-pyrrole nitrogens is 1. The lowest BCUT2D eigenvalue weighted by Crippen LogP contribution is -2.23. The molecule has 0 aliphatic carbocycles. The van der Waals surface area contributed by atoms with Crippen molar-refractivity contribution in [2.75, 3.05) is 7.11 Å². The van der Waals surface area contributed by atoms with E-state index in [1.165, 1.54) is 0 Å². The van der Waals surface area contributed by atoms with E-state index in [-0.39, 0.29) is 5.91 Å². The van der Waals surface area contributed by atoms with Gasteiger partial charge in [0.1, 0.15) is 11.4 Å². The Balaban J connectivity index is 1.64. The normalized spacial score (nSPS) is 10.8. The summed E-state index contributed by atoms with van der Waals surface area (Å²) >= 11 is 7.76. The first-order valence-electron chi connectivity index (χ1n) is 9.09. The number of ether oxygens (including phenoxy) is 1. The minimum absolute atomic E-state index is 0.168. The topological polar surface area (TPSA) is 54.1 Å². The van der Waals surface area contributed by atoms with Crippen molar-refractivity contribution in [2.45, 2.75) is 16.3 Å². The summed E-state index contributed by atoms with van der Waals surface area (Å²) in [5, 5.41) is 4.56. The molecule has 4 aromatic rings. The lowest BCUT2D eigenvalue weighted by atomic mass is 10.2. The number of fused-ring (bicyclic) bond motifs is 1. The number of aromatic amines is 1. The van der Waals surface area contributed by atoms with E-state index < -0.39 is 0 Å². The van der Waals surface area contributed by atoms with Crippen LogP contribution in [0.15, 0.2) is 82.6 Å². The van der Waals surface area contributed by atoms with Crippen LogP contribution in [0.5, 0.6) is 5.75 Å². The van der Waals surface area contributed by atoms with Crippen LogP contribution >= 0.6 is 23.4 Å². The monoisotopic (exact) mass is 422 g/mol. The van der Waals surface area contributed by atoms with E-state index in [0.29, 0.717) is 17.3 Å². The van der Waals surface area contributed by atoms with Gasteiger partial charge in [-0.05, 0) is 48.0 Å². The SMILES string of the molecule is COc1cccc(CNC(=O)c2[nH]c3ccc(Cl)cc3c2Sc2ccccc2)c1. The summed E-state index contributed by atoms with van der Waals surface area (Å²) in [7, 11) is 1.63. The third-order valence-electron chi connectivity index (χ3n) is 4.49. The van der Waals surface area contributed by atoms with E-state index in [2.05, 4.69) is 10.3 Å². The molecule has 4 nitrogen and oxygen atoms in total. The molecule has 0 spiro atoms. The molecule has 0 bridgehead atoms. The largest absolute Gasteiger partial charge is 0.497 e. The van der Waals surface area contributed by atoms with Crippen LogP contribution in [0.2, 0.25) is 5.02 Å². The zero-order valence-corrected chi connectivity index (χ0v) is 17.3. The van der Waals surface area contributed by atoms with Crippen LogP contribution in [0.1, 0.15) is 16.1 Å². The number of nitrogens with one attached hydrogen (secondary N) is 2. The van der Waals surface area contributed by atoms with Crippen molar-refractivity contribution in [3.63, 3.8) is 0 Å². The maximum absolute atomic E-state index is 13.0. The molecule has 0 aliphatic rings. The molecular weight excluding hydrogens is 404 g/mol. The number of methoxy groups -OCH3 is 1. The number of amides is 1. The van der Waals surface area contributed by atoms with E-state index in [1.807, 2.05) is 72.8 Å². The van der Waals surface area contributed by atoms with Gasteiger partial charge >= 0.3 is 0 Å². The Labute approximate surface area is 178 Å². The first-order valence-corrected chi connectivity index (χ1v) is 10.3. The highest BCUT2D eigenvalue weighted by atomic mass is 35.5. The van der Waals surface area contributed by atoms with Crippen molar-refractivity contribution in [3.8, 4) is 5.75 Å². The fourth-order valence-corrected chi connectivity index (χ4v) is 4.29.